The minimum absolute atomic E-state index is 0.0513. The van der Waals surface area contributed by atoms with Gasteiger partial charge in [-0.05, 0) is 43.5 Å². The lowest BCUT2D eigenvalue weighted by atomic mass is 9.93. The molecule has 2 amide bonds. The number of methoxy groups -OCH3 is 1. The fourth-order valence-electron chi connectivity index (χ4n) is 2.70. The van der Waals surface area contributed by atoms with E-state index in [-0.39, 0.29) is 29.5 Å². The van der Waals surface area contributed by atoms with Crippen LogP contribution in [0.1, 0.15) is 25.3 Å². The standard InChI is InChI=1S/C17H21FN2O3/c1-11-3-6-13(17(19)22)10-20(11)16(21)8-5-12-4-7-15(23-2)14(18)9-12/h4-5,7-9,11,13H,3,6,10H2,1-2H3,(H2,19,22). The second-order valence-electron chi connectivity index (χ2n) is 5.74. The van der Waals surface area contributed by atoms with Gasteiger partial charge in [0.15, 0.2) is 11.6 Å². The van der Waals surface area contributed by atoms with Gasteiger partial charge in [0.25, 0.3) is 0 Å². The van der Waals surface area contributed by atoms with Crippen molar-refractivity contribution >= 4 is 17.9 Å². The Hall–Kier alpha value is -2.37. The summed E-state index contributed by atoms with van der Waals surface area (Å²) in [7, 11) is 1.39. The first-order chi connectivity index (χ1) is 10.9. The number of likely N-dealkylation sites (tertiary alicyclic amines) is 1. The molecule has 1 heterocycles. The van der Waals surface area contributed by atoms with Crippen molar-refractivity contribution in [2.24, 2.45) is 11.7 Å². The van der Waals surface area contributed by atoms with Crippen molar-refractivity contribution < 1.29 is 18.7 Å². The molecule has 0 saturated carbocycles. The normalized spacial score (nSPS) is 21.4. The molecule has 1 saturated heterocycles. The van der Waals surface area contributed by atoms with E-state index in [1.807, 2.05) is 6.92 Å². The smallest absolute Gasteiger partial charge is 0.246 e. The Morgan fingerprint density at radius 3 is 2.74 bits per heavy atom. The summed E-state index contributed by atoms with van der Waals surface area (Å²) in [6.07, 6.45) is 4.38. The van der Waals surface area contributed by atoms with Crippen LogP contribution in [0.25, 0.3) is 6.08 Å². The molecular formula is C17H21FN2O3. The molecule has 1 aliphatic rings. The maximum absolute atomic E-state index is 13.6. The summed E-state index contributed by atoms with van der Waals surface area (Å²) in [6.45, 7) is 2.27. The van der Waals surface area contributed by atoms with E-state index in [0.29, 0.717) is 18.5 Å². The van der Waals surface area contributed by atoms with E-state index in [4.69, 9.17) is 10.5 Å². The zero-order valence-electron chi connectivity index (χ0n) is 13.3. The minimum Gasteiger partial charge on any atom is -0.494 e. The Kier molecular flexibility index (Phi) is 5.36. The number of halogens is 1. The molecule has 1 aromatic rings. The third-order valence-corrected chi connectivity index (χ3v) is 4.16. The lowest BCUT2D eigenvalue weighted by Crippen LogP contribution is -2.48. The molecule has 1 aromatic carbocycles. The van der Waals surface area contributed by atoms with Gasteiger partial charge < -0.3 is 15.4 Å². The molecule has 0 aromatic heterocycles. The van der Waals surface area contributed by atoms with Crippen LogP contribution < -0.4 is 10.5 Å². The summed E-state index contributed by atoms with van der Waals surface area (Å²) in [5.74, 6) is -1.22. The van der Waals surface area contributed by atoms with Crippen LogP contribution in [0, 0.1) is 11.7 Å². The molecule has 23 heavy (non-hydrogen) atoms. The summed E-state index contributed by atoms with van der Waals surface area (Å²) in [6, 6.07) is 4.52. The number of piperidine rings is 1. The number of hydrogen-bond donors (Lipinski definition) is 1. The molecule has 0 aliphatic carbocycles. The van der Waals surface area contributed by atoms with Crippen molar-refractivity contribution in [3.05, 3.63) is 35.7 Å². The molecule has 0 spiro atoms. The highest BCUT2D eigenvalue weighted by molar-refractivity contribution is 5.92. The first-order valence-corrected chi connectivity index (χ1v) is 7.54. The van der Waals surface area contributed by atoms with Gasteiger partial charge in [-0.15, -0.1) is 0 Å². The third-order valence-electron chi connectivity index (χ3n) is 4.16. The van der Waals surface area contributed by atoms with Gasteiger partial charge in [0.2, 0.25) is 11.8 Å². The zero-order valence-corrected chi connectivity index (χ0v) is 13.3. The van der Waals surface area contributed by atoms with E-state index in [0.717, 1.165) is 6.42 Å². The zero-order chi connectivity index (χ0) is 17.0. The number of nitrogens with zero attached hydrogens (tertiary/aromatic N) is 1. The summed E-state index contributed by atoms with van der Waals surface area (Å²) < 4.78 is 18.5. The SMILES string of the molecule is COc1ccc(C=CC(=O)N2CC(C(N)=O)CCC2C)cc1F. The lowest BCUT2D eigenvalue weighted by Gasteiger charge is -2.36. The Balaban J connectivity index is 2.07. The van der Waals surface area contributed by atoms with E-state index in [1.54, 1.807) is 17.0 Å². The van der Waals surface area contributed by atoms with Gasteiger partial charge in [0.05, 0.1) is 13.0 Å². The average Bonchev–Trinajstić information content (AvgIpc) is 2.53. The molecule has 0 radical (unpaired) electrons. The largest absolute Gasteiger partial charge is 0.494 e. The molecule has 6 heteroatoms. The van der Waals surface area contributed by atoms with Crippen LogP contribution in [0.15, 0.2) is 24.3 Å². The second-order valence-corrected chi connectivity index (χ2v) is 5.74. The van der Waals surface area contributed by atoms with E-state index in [1.165, 1.54) is 25.3 Å². The van der Waals surface area contributed by atoms with Crippen LogP contribution in [0.3, 0.4) is 0 Å². The first kappa shape index (κ1) is 17.0. The van der Waals surface area contributed by atoms with Gasteiger partial charge in [-0.1, -0.05) is 6.07 Å². The number of hydrogen-bond acceptors (Lipinski definition) is 3. The van der Waals surface area contributed by atoms with Crippen molar-refractivity contribution in [1.82, 2.24) is 4.90 Å². The van der Waals surface area contributed by atoms with Crippen molar-refractivity contribution in [2.75, 3.05) is 13.7 Å². The van der Waals surface area contributed by atoms with Crippen molar-refractivity contribution in [3.63, 3.8) is 0 Å². The fourth-order valence-corrected chi connectivity index (χ4v) is 2.70. The van der Waals surface area contributed by atoms with Crippen LogP contribution in [-0.4, -0.2) is 36.4 Å². The summed E-state index contributed by atoms with van der Waals surface area (Å²) in [4.78, 5) is 25.3. The average molecular weight is 320 g/mol. The topological polar surface area (TPSA) is 72.6 Å². The highest BCUT2D eigenvalue weighted by Gasteiger charge is 2.30. The maximum atomic E-state index is 13.6. The molecule has 0 bridgehead atoms. The highest BCUT2D eigenvalue weighted by Crippen LogP contribution is 2.22. The molecule has 2 unspecified atom stereocenters. The van der Waals surface area contributed by atoms with Gasteiger partial charge >= 0.3 is 0 Å². The number of primary amides is 1. The minimum atomic E-state index is -0.484. The van der Waals surface area contributed by atoms with Gasteiger partial charge in [0, 0.05) is 18.7 Å². The first-order valence-electron chi connectivity index (χ1n) is 7.54. The van der Waals surface area contributed by atoms with Crippen LogP contribution >= 0.6 is 0 Å². The quantitative estimate of drug-likeness (QED) is 0.862. The Morgan fingerprint density at radius 1 is 1.39 bits per heavy atom. The fraction of sp³-hybridized carbons (Fsp3) is 0.412. The van der Waals surface area contributed by atoms with Gasteiger partial charge in [-0.25, -0.2) is 4.39 Å². The predicted octanol–water partition coefficient (Wildman–Crippen LogP) is 1.96. The summed E-state index contributed by atoms with van der Waals surface area (Å²) in [5.41, 5.74) is 5.90. The lowest BCUT2D eigenvalue weighted by molar-refractivity contribution is -0.133. The maximum Gasteiger partial charge on any atom is 0.246 e. The highest BCUT2D eigenvalue weighted by atomic mass is 19.1. The van der Waals surface area contributed by atoms with Crippen LogP contribution in [-0.2, 0) is 9.59 Å². The van der Waals surface area contributed by atoms with Gasteiger partial charge in [-0.3, -0.25) is 9.59 Å². The molecule has 5 nitrogen and oxygen atoms in total. The van der Waals surface area contributed by atoms with Crippen LogP contribution in [0.4, 0.5) is 4.39 Å². The van der Waals surface area contributed by atoms with Gasteiger partial charge in [-0.2, -0.15) is 0 Å². The number of carbonyl (C=O) groups excluding carboxylic acids is 2. The molecular weight excluding hydrogens is 299 g/mol. The summed E-state index contributed by atoms with van der Waals surface area (Å²) in [5, 5.41) is 0. The molecule has 2 N–H and O–H groups in total. The van der Waals surface area contributed by atoms with E-state index < -0.39 is 5.82 Å². The monoisotopic (exact) mass is 320 g/mol. The number of nitrogens with two attached hydrogens (primary N) is 1. The number of benzene rings is 1. The molecule has 1 fully saturated rings. The van der Waals surface area contributed by atoms with Crippen LogP contribution in [0.5, 0.6) is 5.75 Å². The molecule has 124 valence electrons. The van der Waals surface area contributed by atoms with Gasteiger partial charge in [0.1, 0.15) is 0 Å². The second kappa shape index (κ2) is 7.26. The Labute approximate surface area is 134 Å². The van der Waals surface area contributed by atoms with E-state index in [9.17, 15) is 14.0 Å². The molecule has 2 atom stereocenters. The Morgan fingerprint density at radius 2 is 2.13 bits per heavy atom. The number of amides is 2. The predicted molar refractivity (Wildman–Crippen MR) is 85.1 cm³/mol. The van der Waals surface area contributed by atoms with E-state index >= 15 is 0 Å². The summed E-state index contributed by atoms with van der Waals surface area (Å²) >= 11 is 0. The third kappa shape index (κ3) is 4.09. The van der Waals surface area contributed by atoms with E-state index in [2.05, 4.69) is 0 Å². The Bertz CT molecular complexity index is 630. The molecule has 2 rings (SSSR count). The number of ether oxygens (including phenoxy) is 1. The van der Waals surface area contributed by atoms with Crippen molar-refractivity contribution in [1.29, 1.82) is 0 Å². The van der Waals surface area contributed by atoms with Crippen molar-refractivity contribution in [2.45, 2.75) is 25.8 Å². The van der Waals surface area contributed by atoms with Crippen LogP contribution in [0.2, 0.25) is 0 Å². The van der Waals surface area contributed by atoms with Crippen molar-refractivity contribution in [3.8, 4) is 5.75 Å². The number of carbonyl (C=O) groups is 2. The molecule has 1 aliphatic heterocycles. The number of rotatable bonds is 4.